The molecule has 0 amide bonds. The second-order valence-electron chi connectivity index (χ2n) is 3.88. The average Bonchev–Trinajstić information content (AvgIpc) is 2.68. The highest BCUT2D eigenvalue weighted by Crippen LogP contribution is 2.38. The maximum absolute atomic E-state index is 5.16. The minimum Gasteiger partial charge on any atom is -0.311 e. The number of hydrogen-bond donors (Lipinski definition) is 1. The van der Waals surface area contributed by atoms with Gasteiger partial charge in [0.05, 0.1) is 0 Å². The van der Waals surface area contributed by atoms with Crippen LogP contribution in [0, 0.1) is 18.3 Å². The summed E-state index contributed by atoms with van der Waals surface area (Å²) in [6.45, 7) is 5.49. The van der Waals surface area contributed by atoms with Gasteiger partial charge in [0.1, 0.15) is 0 Å². The molecular formula is C10H17N. The zero-order valence-corrected chi connectivity index (χ0v) is 7.48. The SMILES string of the molecule is C#CCCNC(C)(C)C1CC1. The Morgan fingerprint density at radius 1 is 1.55 bits per heavy atom. The van der Waals surface area contributed by atoms with E-state index in [1.165, 1.54) is 12.8 Å². The van der Waals surface area contributed by atoms with Crippen LogP contribution in [0.3, 0.4) is 0 Å². The van der Waals surface area contributed by atoms with Gasteiger partial charge in [0.15, 0.2) is 0 Å². The Morgan fingerprint density at radius 3 is 2.64 bits per heavy atom. The van der Waals surface area contributed by atoms with Crippen molar-refractivity contribution in [1.82, 2.24) is 5.32 Å². The van der Waals surface area contributed by atoms with Gasteiger partial charge in [-0.1, -0.05) is 0 Å². The van der Waals surface area contributed by atoms with E-state index < -0.39 is 0 Å². The Bertz CT molecular complexity index is 160. The fourth-order valence-corrected chi connectivity index (χ4v) is 1.41. The van der Waals surface area contributed by atoms with Crippen molar-refractivity contribution in [2.75, 3.05) is 6.54 Å². The lowest BCUT2D eigenvalue weighted by Crippen LogP contribution is -2.41. The van der Waals surface area contributed by atoms with Gasteiger partial charge in [-0.2, -0.15) is 0 Å². The van der Waals surface area contributed by atoms with E-state index >= 15 is 0 Å². The molecule has 1 aliphatic carbocycles. The zero-order valence-electron chi connectivity index (χ0n) is 7.48. The lowest BCUT2D eigenvalue weighted by atomic mass is 9.99. The predicted molar refractivity (Wildman–Crippen MR) is 48.3 cm³/mol. The number of hydrogen-bond acceptors (Lipinski definition) is 1. The molecule has 0 spiro atoms. The van der Waals surface area contributed by atoms with Crippen LogP contribution in [-0.4, -0.2) is 12.1 Å². The van der Waals surface area contributed by atoms with Gasteiger partial charge < -0.3 is 5.32 Å². The van der Waals surface area contributed by atoms with Crippen LogP contribution >= 0.6 is 0 Å². The van der Waals surface area contributed by atoms with Crippen molar-refractivity contribution in [2.24, 2.45) is 5.92 Å². The maximum atomic E-state index is 5.16. The number of nitrogens with one attached hydrogen (secondary N) is 1. The van der Waals surface area contributed by atoms with Crippen LogP contribution in [0.15, 0.2) is 0 Å². The minimum atomic E-state index is 0.316. The van der Waals surface area contributed by atoms with Crippen molar-refractivity contribution in [3.05, 3.63) is 0 Å². The topological polar surface area (TPSA) is 12.0 Å². The lowest BCUT2D eigenvalue weighted by molar-refractivity contribution is 0.346. The lowest BCUT2D eigenvalue weighted by Gasteiger charge is -2.25. The largest absolute Gasteiger partial charge is 0.311 e. The van der Waals surface area contributed by atoms with Gasteiger partial charge in [0.2, 0.25) is 0 Å². The van der Waals surface area contributed by atoms with Crippen molar-refractivity contribution in [3.8, 4) is 12.3 Å². The summed E-state index contributed by atoms with van der Waals surface area (Å²) in [6, 6.07) is 0. The molecule has 0 saturated heterocycles. The fraction of sp³-hybridized carbons (Fsp3) is 0.800. The molecule has 0 atom stereocenters. The van der Waals surface area contributed by atoms with Crippen LogP contribution in [0.5, 0.6) is 0 Å². The van der Waals surface area contributed by atoms with E-state index in [1.807, 2.05) is 0 Å². The Labute approximate surface area is 69.6 Å². The van der Waals surface area contributed by atoms with Crippen molar-refractivity contribution < 1.29 is 0 Å². The summed E-state index contributed by atoms with van der Waals surface area (Å²) in [5, 5.41) is 3.48. The van der Waals surface area contributed by atoms with Crippen LogP contribution in [0.4, 0.5) is 0 Å². The highest BCUT2D eigenvalue weighted by molar-refractivity contribution is 4.95. The minimum absolute atomic E-state index is 0.316. The molecule has 1 aliphatic rings. The quantitative estimate of drug-likeness (QED) is 0.477. The maximum Gasteiger partial charge on any atom is 0.0212 e. The summed E-state index contributed by atoms with van der Waals surface area (Å²) in [4.78, 5) is 0. The van der Waals surface area contributed by atoms with E-state index in [9.17, 15) is 0 Å². The summed E-state index contributed by atoms with van der Waals surface area (Å²) < 4.78 is 0. The van der Waals surface area contributed by atoms with E-state index in [0.29, 0.717) is 5.54 Å². The smallest absolute Gasteiger partial charge is 0.0212 e. The van der Waals surface area contributed by atoms with Gasteiger partial charge in [-0.15, -0.1) is 12.3 Å². The highest BCUT2D eigenvalue weighted by atomic mass is 15.0. The molecule has 0 bridgehead atoms. The molecule has 1 nitrogen and oxygen atoms in total. The molecule has 1 heteroatoms. The summed E-state index contributed by atoms with van der Waals surface area (Å²) in [5.74, 6) is 3.53. The van der Waals surface area contributed by atoms with E-state index in [1.54, 1.807) is 0 Å². The molecule has 0 aromatic heterocycles. The van der Waals surface area contributed by atoms with Gasteiger partial charge in [0, 0.05) is 18.5 Å². The second-order valence-corrected chi connectivity index (χ2v) is 3.88. The first kappa shape index (κ1) is 8.62. The molecule has 1 rings (SSSR count). The molecule has 0 heterocycles. The number of terminal acetylenes is 1. The average molecular weight is 151 g/mol. The molecule has 0 unspecified atom stereocenters. The third-order valence-electron chi connectivity index (χ3n) is 2.45. The Morgan fingerprint density at radius 2 is 2.18 bits per heavy atom. The molecule has 0 aromatic rings. The first-order chi connectivity index (χ1) is 5.17. The van der Waals surface area contributed by atoms with Crippen LogP contribution in [0.1, 0.15) is 33.1 Å². The van der Waals surface area contributed by atoms with Crippen molar-refractivity contribution in [2.45, 2.75) is 38.6 Å². The summed E-state index contributed by atoms with van der Waals surface area (Å²) >= 11 is 0. The first-order valence-corrected chi connectivity index (χ1v) is 4.35. The fourth-order valence-electron chi connectivity index (χ4n) is 1.41. The van der Waals surface area contributed by atoms with E-state index in [2.05, 4.69) is 25.1 Å². The van der Waals surface area contributed by atoms with Gasteiger partial charge in [0.25, 0.3) is 0 Å². The van der Waals surface area contributed by atoms with Crippen LogP contribution < -0.4 is 5.32 Å². The molecule has 0 aromatic carbocycles. The Hall–Kier alpha value is -0.480. The van der Waals surface area contributed by atoms with Gasteiger partial charge in [-0.25, -0.2) is 0 Å². The normalized spacial score (nSPS) is 17.9. The van der Waals surface area contributed by atoms with Crippen LogP contribution in [0.2, 0.25) is 0 Å². The van der Waals surface area contributed by atoms with Gasteiger partial charge in [-0.05, 0) is 32.6 Å². The summed E-state index contributed by atoms with van der Waals surface area (Å²) in [7, 11) is 0. The molecule has 1 saturated carbocycles. The van der Waals surface area contributed by atoms with E-state index in [0.717, 1.165) is 18.9 Å². The molecular weight excluding hydrogens is 134 g/mol. The molecule has 0 aliphatic heterocycles. The molecule has 11 heavy (non-hydrogen) atoms. The monoisotopic (exact) mass is 151 g/mol. The Kier molecular flexibility index (Phi) is 2.57. The second kappa shape index (κ2) is 3.28. The third-order valence-corrected chi connectivity index (χ3v) is 2.45. The molecule has 62 valence electrons. The molecule has 0 radical (unpaired) electrons. The summed E-state index contributed by atoms with van der Waals surface area (Å²) in [5.41, 5.74) is 0.316. The van der Waals surface area contributed by atoms with E-state index in [-0.39, 0.29) is 0 Å². The van der Waals surface area contributed by atoms with Gasteiger partial charge >= 0.3 is 0 Å². The summed E-state index contributed by atoms with van der Waals surface area (Å²) in [6.07, 6.45) is 8.77. The number of rotatable bonds is 4. The van der Waals surface area contributed by atoms with Crippen molar-refractivity contribution >= 4 is 0 Å². The zero-order chi connectivity index (χ0) is 8.32. The van der Waals surface area contributed by atoms with Gasteiger partial charge in [-0.3, -0.25) is 0 Å². The van der Waals surface area contributed by atoms with Crippen molar-refractivity contribution in [1.29, 1.82) is 0 Å². The molecule has 1 N–H and O–H groups in total. The van der Waals surface area contributed by atoms with Crippen LogP contribution in [0.25, 0.3) is 0 Å². The third kappa shape index (κ3) is 2.55. The first-order valence-electron chi connectivity index (χ1n) is 4.35. The Balaban J connectivity index is 2.18. The molecule has 1 fully saturated rings. The van der Waals surface area contributed by atoms with E-state index in [4.69, 9.17) is 6.42 Å². The highest BCUT2D eigenvalue weighted by Gasteiger charge is 2.36. The van der Waals surface area contributed by atoms with Crippen LogP contribution in [-0.2, 0) is 0 Å². The van der Waals surface area contributed by atoms with Crippen molar-refractivity contribution in [3.63, 3.8) is 0 Å². The standard InChI is InChI=1S/C10H17N/c1-4-5-8-11-10(2,3)9-6-7-9/h1,9,11H,5-8H2,2-3H3. The predicted octanol–water partition coefficient (Wildman–Crippen LogP) is 1.79.